The number of aromatic hydroxyl groups is 2. The Morgan fingerprint density at radius 2 is 2.08 bits per heavy atom. The van der Waals surface area contributed by atoms with E-state index in [0.29, 0.717) is 12.2 Å². The van der Waals surface area contributed by atoms with E-state index in [1.54, 1.807) is 0 Å². The number of hydrogen-bond acceptors (Lipinski definition) is 3. The van der Waals surface area contributed by atoms with Gasteiger partial charge in [-0.2, -0.15) is 0 Å². The maximum atomic E-state index is 9.45. The number of phenols is 2. The van der Waals surface area contributed by atoms with Crippen molar-refractivity contribution in [2.24, 2.45) is 0 Å². The normalized spacial score (nSPS) is 14.4. The second-order valence-electron chi connectivity index (χ2n) is 3.06. The highest BCUT2D eigenvalue weighted by Gasteiger charge is 2.14. The number of fused-ring (bicyclic) bond motifs is 1. The molecule has 13 heavy (non-hydrogen) atoms. The van der Waals surface area contributed by atoms with Gasteiger partial charge in [0, 0.05) is 24.1 Å². The lowest BCUT2D eigenvalue weighted by molar-refractivity contribution is 0.390. The number of rotatable bonds is 0. The molecular formula is C10H10O3. The summed E-state index contributed by atoms with van der Waals surface area (Å²) in [7, 11) is 0. The first-order valence-electron chi connectivity index (χ1n) is 4.06. The van der Waals surface area contributed by atoms with Crippen LogP contribution in [0.2, 0.25) is 0 Å². The number of hydrogen-bond donors (Lipinski definition) is 2. The van der Waals surface area contributed by atoms with Gasteiger partial charge >= 0.3 is 0 Å². The average molecular weight is 178 g/mol. The molecule has 0 fully saturated rings. The first-order chi connectivity index (χ1) is 6.16. The molecule has 0 atom stereocenters. The third kappa shape index (κ3) is 1.33. The van der Waals surface area contributed by atoms with Gasteiger partial charge in [0.1, 0.15) is 17.2 Å². The Morgan fingerprint density at radius 1 is 1.31 bits per heavy atom. The van der Waals surface area contributed by atoms with Crippen LogP contribution >= 0.6 is 0 Å². The van der Waals surface area contributed by atoms with Gasteiger partial charge < -0.3 is 14.9 Å². The molecule has 0 radical (unpaired) electrons. The summed E-state index contributed by atoms with van der Waals surface area (Å²) in [6.45, 7) is 1.84. The zero-order valence-electron chi connectivity index (χ0n) is 7.24. The van der Waals surface area contributed by atoms with E-state index in [1.165, 1.54) is 12.1 Å². The van der Waals surface area contributed by atoms with Crippen LogP contribution in [-0.2, 0) is 6.42 Å². The molecule has 0 unspecified atom stereocenters. The highest BCUT2D eigenvalue weighted by Crippen LogP contribution is 2.36. The van der Waals surface area contributed by atoms with Crippen LogP contribution in [0.15, 0.2) is 24.0 Å². The Morgan fingerprint density at radius 3 is 2.85 bits per heavy atom. The summed E-state index contributed by atoms with van der Waals surface area (Å²) in [5.41, 5.74) is 0.725. The van der Waals surface area contributed by atoms with Gasteiger partial charge in [-0.05, 0) is 13.0 Å². The fourth-order valence-corrected chi connectivity index (χ4v) is 1.37. The minimum atomic E-state index is 0.0194. The van der Waals surface area contributed by atoms with Crippen molar-refractivity contribution in [1.29, 1.82) is 0 Å². The summed E-state index contributed by atoms with van der Waals surface area (Å²) in [6.07, 6.45) is 2.53. The maximum Gasteiger partial charge on any atom is 0.137 e. The van der Waals surface area contributed by atoms with Crippen LogP contribution in [0.25, 0.3) is 0 Å². The van der Waals surface area contributed by atoms with Gasteiger partial charge in [-0.15, -0.1) is 0 Å². The van der Waals surface area contributed by atoms with Gasteiger partial charge in [-0.1, -0.05) is 0 Å². The quantitative estimate of drug-likeness (QED) is 0.638. The van der Waals surface area contributed by atoms with Gasteiger partial charge in [-0.25, -0.2) is 0 Å². The number of benzene rings is 1. The van der Waals surface area contributed by atoms with Crippen LogP contribution in [0.5, 0.6) is 17.2 Å². The third-order valence-corrected chi connectivity index (χ3v) is 2.03. The topological polar surface area (TPSA) is 49.7 Å². The largest absolute Gasteiger partial charge is 0.508 e. The summed E-state index contributed by atoms with van der Waals surface area (Å²) in [6, 6.07) is 2.82. The molecule has 1 aromatic carbocycles. The van der Waals surface area contributed by atoms with Crippen LogP contribution < -0.4 is 4.74 Å². The SMILES string of the molecule is CC1=CCc2c(O)cc(O)cc2O1. The Balaban J connectivity index is 2.52. The van der Waals surface area contributed by atoms with E-state index in [1.807, 2.05) is 13.0 Å². The van der Waals surface area contributed by atoms with Gasteiger partial charge in [0.05, 0.1) is 5.76 Å². The Hall–Kier alpha value is -1.64. The molecule has 0 spiro atoms. The molecule has 0 bridgehead atoms. The van der Waals surface area contributed by atoms with Crippen LogP contribution in [0.4, 0.5) is 0 Å². The van der Waals surface area contributed by atoms with E-state index in [0.717, 1.165) is 11.3 Å². The second kappa shape index (κ2) is 2.69. The zero-order chi connectivity index (χ0) is 9.42. The highest BCUT2D eigenvalue weighted by molar-refractivity contribution is 5.52. The molecule has 0 aromatic heterocycles. The first kappa shape index (κ1) is 7.98. The van der Waals surface area contributed by atoms with E-state index in [9.17, 15) is 10.2 Å². The van der Waals surface area contributed by atoms with E-state index in [4.69, 9.17) is 4.74 Å². The Bertz CT molecular complexity index is 380. The molecule has 3 heteroatoms. The molecule has 0 amide bonds. The fourth-order valence-electron chi connectivity index (χ4n) is 1.37. The van der Waals surface area contributed by atoms with E-state index >= 15 is 0 Å². The number of allylic oxidation sites excluding steroid dienone is 2. The van der Waals surface area contributed by atoms with E-state index < -0.39 is 0 Å². The predicted octanol–water partition coefficient (Wildman–Crippen LogP) is 1.94. The summed E-state index contributed by atoms with van der Waals surface area (Å²) >= 11 is 0. The van der Waals surface area contributed by atoms with Crippen LogP contribution in [0.3, 0.4) is 0 Å². The predicted molar refractivity (Wildman–Crippen MR) is 47.9 cm³/mol. The van der Waals surface area contributed by atoms with Crippen molar-refractivity contribution in [3.63, 3.8) is 0 Å². The molecule has 2 rings (SSSR count). The summed E-state index contributed by atoms with van der Waals surface area (Å²) < 4.78 is 5.33. The van der Waals surface area contributed by atoms with Crippen molar-refractivity contribution in [1.82, 2.24) is 0 Å². The second-order valence-corrected chi connectivity index (χ2v) is 3.06. The molecule has 1 aliphatic heterocycles. The first-order valence-corrected chi connectivity index (χ1v) is 4.06. The van der Waals surface area contributed by atoms with Gasteiger partial charge in [0.2, 0.25) is 0 Å². The molecule has 1 aliphatic rings. The van der Waals surface area contributed by atoms with E-state index in [-0.39, 0.29) is 11.5 Å². The lowest BCUT2D eigenvalue weighted by Crippen LogP contribution is -2.01. The van der Waals surface area contributed by atoms with Crippen molar-refractivity contribution in [3.8, 4) is 17.2 Å². The van der Waals surface area contributed by atoms with Gasteiger partial charge in [0.25, 0.3) is 0 Å². The summed E-state index contributed by atoms with van der Waals surface area (Å²) in [5, 5.41) is 18.7. The molecular weight excluding hydrogens is 168 g/mol. The summed E-state index contributed by atoms with van der Waals surface area (Å²) in [5.74, 6) is 1.43. The maximum absolute atomic E-state index is 9.45. The molecule has 1 aromatic rings. The molecule has 0 aliphatic carbocycles. The molecule has 2 N–H and O–H groups in total. The molecule has 68 valence electrons. The molecule has 3 nitrogen and oxygen atoms in total. The van der Waals surface area contributed by atoms with Crippen LogP contribution in [0, 0.1) is 0 Å². The van der Waals surface area contributed by atoms with Crippen molar-refractivity contribution < 1.29 is 14.9 Å². The van der Waals surface area contributed by atoms with Crippen LogP contribution in [-0.4, -0.2) is 10.2 Å². The Labute approximate surface area is 75.9 Å². The highest BCUT2D eigenvalue weighted by atomic mass is 16.5. The lowest BCUT2D eigenvalue weighted by Gasteiger charge is -2.16. The van der Waals surface area contributed by atoms with Gasteiger partial charge in [-0.3, -0.25) is 0 Å². The molecule has 0 saturated carbocycles. The van der Waals surface area contributed by atoms with Crippen LogP contribution in [0.1, 0.15) is 12.5 Å². The molecule has 1 heterocycles. The summed E-state index contributed by atoms with van der Waals surface area (Å²) in [4.78, 5) is 0. The smallest absolute Gasteiger partial charge is 0.137 e. The van der Waals surface area contributed by atoms with Crippen molar-refractivity contribution >= 4 is 0 Å². The molecule has 0 saturated heterocycles. The van der Waals surface area contributed by atoms with Crippen molar-refractivity contribution in [3.05, 3.63) is 29.5 Å². The average Bonchev–Trinajstić information content (AvgIpc) is 2.02. The monoisotopic (exact) mass is 178 g/mol. The van der Waals surface area contributed by atoms with E-state index in [2.05, 4.69) is 0 Å². The lowest BCUT2D eigenvalue weighted by atomic mass is 10.1. The minimum Gasteiger partial charge on any atom is -0.508 e. The number of phenolic OH excluding ortho intramolecular Hbond substituents is 2. The standard InChI is InChI=1S/C10H10O3/c1-6-2-3-8-9(12)4-7(11)5-10(8)13-6/h2,4-5,11-12H,3H2,1H3. The van der Waals surface area contributed by atoms with Gasteiger partial charge in [0.15, 0.2) is 0 Å². The van der Waals surface area contributed by atoms with Crippen molar-refractivity contribution in [2.45, 2.75) is 13.3 Å². The zero-order valence-corrected chi connectivity index (χ0v) is 7.24. The fraction of sp³-hybridized carbons (Fsp3) is 0.200. The minimum absolute atomic E-state index is 0.0194. The Kier molecular flexibility index (Phi) is 1.65. The number of ether oxygens (including phenoxy) is 1. The third-order valence-electron chi connectivity index (χ3n) is 2.03. The van der Waals surface area contributed by atoms with Crippen molar-refractivity contribution in [2.75, 3.05) is 0 Å².